The van der Waals surface area contributed by atoms with Crippen LogP contribution in [0.5, 0.6) is 0 Å². The SMILES string of the molecule is CC(C)(N)C(C)(C)OC(N)=O. The number of hydrogen-bond acceptors (Lipinski definition) is 3. The number of carbonyl (C=O) groups is 1. The van der Waals surface area contributed by atoms with Gasteiger partial charge in [-0.2, -0.15) is 0 Å². The molecule has 0 saturated heterocycles. The Morgan fingerprint density at radius 3 is 1.73 bits per heavy atom. The minimum atomic E-state index is -0.798. The molecule has 0 unspecified atom stereocenters. The van der Waals surface area contributed by atoms with Crippen LogP contribution in [0.25, 0.3) is 0 Å². The van der Waals surface area contributed by atoms with Crippen molar-refractivity contribution in [3.8, 4) is 0 Å². The lowest BCUT2D eigenvalue weighted by Gasteiger charge is -2.36. The molecule has 0 aliphatic carbocycles. The molecule has 0 fully saturated rings. The van der Waals surface area contributed by atoms with Gasteiger partial charge in [0.1, 0.15) is 5.60 Å². The topological polar surface area (TPSA) is 78.3 Å². The van der Waals surface area contributed by atoms with Crippen molar-refractivity contribution in [1.29, 1.82) is 0 Å². The van der Waals surface area contributed by atoms with E-state index in [0.717, 1.165) is 0 Å². The van der Waals surface area contributed by atoms with E-state index in [-0.39, 0.29) is 0 Å². The van der Waals surface area contributed by atoms with E-state index in [9.17, 15) is 4.79 Å². The van der Waals surface area contributed by atoms with Crippen molar-refractivity contribution < 1.29 is 9.53 Å². The average molecular weight is 160 g/mol. The lowest BCUT2D eigenvalue weighted by Crippen LogP contribution is -2.55. The van der Waals surface area contributed by atoms with Crippen LogP contribution in [0.1, 0.15) is 27.7 Å². The van der Waals surface area contributed by atoms with Crippen LogP contribution < -0.4 is 11.5 Å². The van der Waals surface area contributed by atoms with Gasteiger partial charge in [-0.05, 0) is 27.7 Å². The summed E-state index contributed by atoms with van der Waals surface area (Å²) >= 11 is 0. The zero-order chi connectivity index (χ0) is 9.28. The summed E-state index contributed by atoms with van der Waals surface area (Å²) in [6.45, 7) is 6.99. The van der Waals surface area contributed by atoms with Crippen LogP contribution in [0.4, 0.5) is 4.79 Å². The molecule has 0 radical (unpaired) electrons. The first-order chi connectivity index (χ1) is 4.67. The Kier molecular flexibility index (Phi) is 2.51. The fraction of sp³-hybridized carbons (Fsp3) is 0.857. The van der Waals surface area contributed by atoms with E-state index < -0.39 is 17.2 Å². The van der Waals surface area contributed by atoms with E-state index in [2.05, 4.69) is 0 Å². The fourth-order valence-corrected chi connectivity index (χ4v) is 0.383. The van der Waals surface area contributed by atoms with E-state index in [4.69, 9.17) is 16.2 Å². The fourth-order valence-electron chi connectivity index (χ4n) is 0.383. The monoisotopic (exact) mass is 160 g/mol. The Morgan fingerprint density at radius 1 is 1.27 bits per heavy atom. The van der Waals surface area contributed by atoms with E-state index in [1.54, 1.807) is 27.7 Å². The molecule has 0 aliphatic rings. The highest BCUT2D eigenvalue weighted by Gasteiger charge is 2.36. The molecule has 66 valence electrons. The normalized spacial score (nSPS) is 12.8. The largest absolute Gasteiger partial charge is 0.442 e. The Labute approximate surface area is 66.9 Å². The van der Waals surface area contributed by atoms with Crippen molar-refractivity contribution >= 4 is 6.09 Å². The molecule has 0 aromatic carbocycles. The number of amides is 1. The number of rotatable bonds is 2. The van der Waals surface area contributed by atoms with Gasteiger partial charge in [-0.25, -0.2) is 4.79 Å². The second-order valence-corrected chi connectivity index (χ2v) is 3.65. The molecular formula is C7H16N2O2. The van der Waals surface area contributed by atoms with E-state index in [1.165, 1.54) is 0 Å². The molecule has 11 heavy (non-hydrogen) atoms. The standard InChI is InChI=1S/C7H16N2O2/c1-6(2,9)7(3,4)11-5(8)10/h9H2,1-4H3,(H2,8,10). The minimum Gasteiger partial charge on any atom is -0.442 e. The zero-order valence-electron chi connectivity index (χ0n) is 7.47. The summed E-state index contributed by atoms with van der Waals surface area (Å²) in [5.74, 6) is 0. The van der Waals surface area contributed by atoms with Gasteiger partial charge in [0.15, 0.2) is 0 Å². The maximum Gasteiger partial charge on any atom is 0.405 e. The third-order valence-corrected chi connectivity index (χ3v) is 1.91. The van der Waals surface area contributed by atoms with Gasteiger partial charge >= 0.3 is 6.09 Å². The van der Waals surface area contributed by atoms with Gasteiger partial charge in [0, 0.05) is 5.54 Å². The third-order valence-electron chi connectivity index (χ3n) is 1.91. The van der Waals surface area contributed by atoms with Gasteiger partial charge in [-0.1, -0.05) is 0 Å². The summed E-state index contributed by atoms with van der Waals surface area (Å²) in [4.78, 5) is 10.4. The smallest absolute Gasteiger partial charge is 0.405 e. The quantitative estimate of drug-likeness (QED) is 0.620. The molecule has 0 aliphatic heterocycles. The van der Waals surface area contributed by atoms with Gasteiger partial charge < -0.3 is 16.2 Å². The van der Waals surface area contributed by atoms with Crippen LogP contribution in [-0.2, 0) is 4.74 Å². The van der Waals surface area contributed by atoms with E-state index >= 15 is 0 Å². The van der Waals surface area contributed by atoms with Gasteiger partial charge in [-0.15, -0.1) is 0 Å². The highest BCUT2D eigenvalue weighted by Crippen LogP contribution is 2.22. The minimum absolute atomic E-state index is 0.595. The van der Waals surface area contributed by atoms with Crippen molar-refractivity contribution in [3.05, 3.63) is 0 Å². The van der Waals surface area contributed by atoms with E-state index in [1.807, 2.05) is 0 Å². The third kappa shape index (κ3) is 2.76. The van der Waals surface area contributed by atoms with Crippen LogP contribution in [0.2, 0.25) is 0 Å². The molecule has 0 rings (SSSR count). The van der Waals surface area contributed by atoms with Crippen molar-refractivity contribution in [2.45, 2.75) is 38.8 Å². The van der Waals surface area contributed by atoms with Crippen LogP contribution in [0.3, 0.4) is 0 Å². The number of nitrogens with two attached hydrogens (primary N) is 2. The van der Waals surface area contributed by atoms with Gasteiger partial charge in [0.2, 0.25) is 0 Å². The van der Waals surface area contributed by atoms with Gasteiger partial charge in [0.25, 0.3) is 0 Å². The summed E-state index contributed by atoms with van der Waals surface area (Å²) < 4.78 is 4.82. The second-order valence-electron chi connectivity index (χ2n) is 3.65. The van der Waals surface area contributed by atoms with Crippen LogP contribution in [0.15, 0.2) is 0 Å². The maximum absolute atomic E-state index is 10.4. The molecule has 0 spiro atoms. The Balaban J connectivity index is 4.34. The molecule has 1 amide bonds. The zero-order valence-corrected chi connectivity index (χ0v) is 7.47. The maximum atomic E-state index is 10.4. The average Bonchev–Trinajstić information content (AvgIpc) is 1.56. The van der Waals surface area contributed by atoms with Crippen LogP contribution >= 0.6 is 0 Å². The number of carbonyl (C=O) groups excluding carboxylic acids is 1. The van der Waals surface area contributed by atoms with Crippen molar-refractivity contribution in [3.63, 3.8) is 0 Å². The molecule has 0 aromatic heterocycles. The highest BCUT2D eigenvalue weighted by molar-refractivity contribution is 5.65. The predicted octanol–water partition coefficient (Wildman–Crippen LogP) is 0.598. The molecular weight excluding hydrogens is 144 g/mol. The van der Waals surface area contributed by atoms with Crippen LogP contribution in [-0.4, -0.2) is 17.2 Å². The number of primary amides is 1. The first-order valence-corrected chi connectivity index (χ1v) is 3.44. The first kappa shape index (κ1) is 10.2. The Bertz CT molecular complexity index is 158. The summed E-state index contributed by atoms with van der Waals surface area (Å²) in [6.07, 6.45) is -0.798. The Morgan fingerprint density at radius 2 is 1.64 bits per heavy atom. The first-order valence-electron chi connectivity index (χ1n) is 3.44. The molecule has 0 saturated carbocycles. The van der Waals surface area contributed by atoms with Crippen molar-refractivity contribution in [1.82, 2.24) is 0 Å². The molecule has 4 nitrogen and oxygen atoms in total. The summed E-state index contributed by atoms with van der Waals surface area (Å²) in [6, 6.07) is 0. The molecule has 0 aromatic rings. The van der Waals surface area contributed by atoms with Gasteiger partial charge in [-0.3, -0.25) is 0 Å². The van der Waals surface area contributed by atoms with Crippen LogP contribution in [0, 0.1) is 0 Å². The van der Waals surface area contributed by atoms with E-state index in [0.29, 0.717) is 0 Å². The molecule has 0 atom stereocenters. The number of hydrogen-bond donors (Lipinski definition) is 2. The molecule has 0 bridgehead atoms. The Hall–Kier alpha value is -0.770. The highest BCUT2D eigenvalue weighted by atomic mass is 16.6. The second kappa shape index (κ2) is 2.70. The van der Waals surface area contributed by atoms with Gasteiger partial charge in [0.05, 0.1) is 0 Å². The lowest BCUT2D eigenvalue weighted by atomic mass is 9.87. The molecule has 4 N–H and O–H groups in total. The van der Waals surface area contributed by atoms with Crippen molar-refractivity contribution in [2.24, 2.45) is 11.5 Å². The predicted molar refractivity (Wildman–Crippen MR) is 43.0 cm³/mol. The lowest BCUT2D eigenvalue weighted by molar-refractivity contribution is -0.00355. The molecule has 4 heteroatoms. The summed E-state index contributed by atoms with van der Waals surface area (Å²) in [7, 11) is 0. The summed E-state index contributed by atoms with van der Waals surface area (Å²) in [5.41, 5.74) is 9.25. The van der Waals surface area contributed by atoms with Crippen molar-refractivity contribution in [2.75, 3.05) is 0 Å². The number of ether oxygens (including phenoxy) is 1. The summed E-state index contributed by atoms with van der Waals surface area (Å²) in [5, 5.41) is 0. The molecule has 0 heterocycles.